The molecule has 5 nitrogen and oxygen atoms in total. The lowest BCUT2D eigenvalue weighted by atomic mass is 10.1. The zero-order chi connectivity index (χ0) is 15.7. The van der Waals surface area contributed by atoms with E-state index < -0.39 is 6.43 Å². The van der Waals surface area contributed by atoms with Crippen LogP contribution >= 0.6 is 0 Å². The van der Waals surface area contributed by atoms with Gasteiger partial charge in [0.25, 0.3) is 6.43 Å². The highest BCUT2D eigenvalue weighted by Gasteiger charge is 2.16. The van der Waals surface area contributed by atoms with Crippen LogP contribution in [0.25, 0.3) is 16.9 Å². The number of hydrogen-bond donors (Lipinski definition) is 0. The average Bonchev–Trinajstić information content (AvgIpc) is 3.01. The molecule has 0 amide bonds. The van der Waals surface area contributed by atoms with Gasteiger partial charge in [-0.1, -0.05) is 0 Å². The molecule has 3 rings (SSSR count). The number of alkyl halides is 2. The second kappa shape index (κ2) is 5.59. The van der Waals surface area contributed by atoms with Gasteiger partial charge in [-0.25, -0.2) is 18.3 Å². The quantitative estimate of drug-likeness (QED) is 0.741. The molecule has 0 N–H and O–H groups in total. The maximum absolute atomic E-state index is 13.2. The van der Waals surface area contributed by atoms with E-state index in [4.69, 9.17) is 9.47 Å². The number of rotatable bonds is 4. The first-order valence-corrected chi connectivity index (χ1v) is 6.49. The Morgan fingerprint density at radius 1 is 1.05 bits per heavy atom. The summed E-state index contributed by atoms with van der Waals surface area (Å²) in [6.07, 6.45) is -1.21. The Balaban J connectivity index is 2.17. The molecule has 1 aromatic carbocycles. The molecular weight excluding hydrogens is 292 g/mol. The molecule has 0 radical (unpaired) electrons. The Bertz CT molecular complexity index is 818. The van der Waals surface area contributed by atoms with E-state index in [-0.39, 0.29) is 5.69 Å². The molecule has 0 unspecified atom stereocenters. The van der Waals surface area contributed by atoms with Crippen molar-refractivity contribution in [1.29, 1.82) is 0 Å². The van der Waals surface area contributed by atoms with Crippen LogP contribution in [0.2, 0.25) is 0 Å². The molecule has 0 atom stereocenters. The summed E-state index contributed by atoms with van der Waals surface area (Å²) in [5, 5.41) is 3.87. The molecule has 7 heteroatoms. The van der Waals surface area contributed by atoms with Crippen molar-refractivity contribution in [3.8, 4) is 22.8 Å². The SMILES string of the molecule is COc1ccc(-c2cc(C(F)F)n3nccc3n2)cc1OC. The van der Waals surface area contributed by atoms with Crippen LogP contribution in [0.4, 0.5) is 8.78 Å². The molecule has 0 fully saturated rings. The summed E-state index contributed by atoms with van der Waals surface area (Å²) in [7, 11) is 3.04. The summed E-state index contributed by atoms with van der Waals surface area (Å²) in [6.45, 7) is 0. The normalized spacial score (nSPS) is 11.1. The number of aromatic nitrogens is 3. The number of nitrogens with zero attached hydrogens (tertiary/aromatic N) is 3. The van der Waals surface area contributed by atoms with Gasteiger partial charge in [0.05, 0.1) is 26.1 Å². The summed E-state index contributed by atoms with van der Waals surface area (Å²) < 4.78 is 37.9. The fraction of sp³-hybridized carbons (Fsp3) is 0.200. The molecule has 2 aromatic heterocycles. The summed E-state index contributed by atoms with van der Waals surface area (Å²) in [5.74, 6) is 1.07. The van der Waals surface area contributed by atoms with Gasteiger partial charge in [0, 0.05) is 11.6 Å². The molecule has 0 spiro atoms. The molecule has 0 saturated carbocycles. The Morgan fingerprint density at radius 2 is 1.82 bits per heavy atom. The highest BCUT2D eigenvalue weighted by molar-refractivity contribution is 5.66. The van der Waals surface area contributed by atoms with E-state index >= 15 is 0 Å². The van der Waals surface area contributed by atoms with E-state index in [1.165, 1.54) is 26.5 Å². The third-order valence-electron chi connectivity index (χ3n) is 3.29. The van der Waals surface area contributed by atoms with E-state index in [1.54, 1.807) is 24.3 Å². The molecule has 0 aliphatic heterocycles. The summed E-state index contributed by atoms with van der Waals surface area (Å²) in [4.78, 5) is 4.35. The number of benzene rings is 1. The van der Waals surface area contributed by atoms with Crippen LogP contribution in [0.1, 0.15) is 12.1 Å². The van der Waals surface area contributed by atoms with Gasteiger partial charge in [-0.3, -0.25) is 0 Å². The van der Waals surface area contributed by atoms with E-state index in [0.29, 0.717) is 28.4 Å². The first-order chi connectivity index (χ1) is 10.6. The monoisotopic (exact) mass is 305 g/mol. The predicted octanol–water partition coefficient (Wildman–Crippen LogP) is 3.35. The lowest BCUT2D eigenvalue weighted by Crippen LogP contribution is -2.02. The number of methoxy groups -OCH3 is 2. The molecule has 22 heavy (non-hydrogen) atoms. The highest BCUT2D eigenvalue weighted by atomic mass is 19.3. The topological polar surface area (TPSA) is 48.7 Å². The van der Waals surface area contributed by atoms with E-state index in [0.717, 1.165) is 4.52 Å². The van der Waals surface area contributed by atoms with Gasteiger partial charge in [0.1, 0.15) is 5.69 Å². The lowest BCUT2D eigenvalue weighted by Gasteiger charge is -2.11. The highest BCUT2D eigenvalue weighted by Crippen LogP contribution is 2.33. The van der Waals surface area contributed by atoms with Gasteiger partial charge in [0.2, 0.25) is 0 Å². The van der Waals surface area contributed by atoms with Gasteiger partial charge in [0.15, 0.2) is 17.1 Å². The van der Waals surface area contributed by atoms with Gasteiger partial charge in [-0.2, -0.15) is 5.10 Å². The van der Waals surface area contributed by atoms with Crippen molar-refractivity contribution in [2.75, 3.05) is 14.2 Å². The van der Waals surface area contributed by atoms with Crippen LogP contribution in [-0.2, 0) is 0 Å². The second-order valence-corrected chi connectivity index (χ2v) is 4.54. The number of ether oxygens (including phenoxy) is 2. The Kier molecular flexibility index (Phi) is 3.62. The minimum Gasteiger partial charge on any atom is -0.493 e. The zero-order valence-electron chi connectivity index (χ0n) is 12.0. The van der Waals surface area contributed by atoms with E-state index in [2.05, 4.69) is 10.1 Å². The van der Waals surface area contributed by atoms with Crippen molar-refractivity contribution in [2.24, 2.45) is 0 Å². The van der Waals surface area contributed by atoms with Crippen molar-refractivity contribution >= 4 is 5.65 Å². The van der Waals surface area contributed by atoms with Crippen LogP contribution in [-0.4, -0.2) is 28.8 Å². The largest absolute Gasteiger partial charge is 0.493 e. The molecule has 0 aliphatic carbocycles. The molecule has 114 valence electrons. The van der Waals surface area contributed by atoms with Gasteiger partial charge < -0.3 is 9.47 Å². The Morgan fingerprint density at radius 3 is 2.50 bits per heavy atom. The second-order valence-electron chi connectivity index (χ2n) is 4.54. The van der Waals surface area contributed by atoms with Crippen LogP contribution in [0, 0.1) is 0 Å². The molecular formula is C15H13F2N3O2. The summed E-state index contributed by atoms with van der Waals surface area (Å²) in [5.41, 5.74) is 1.23. The van der Waals surface area contributed by atoms with E-state index in [1.807, 2.05) is 0 Å². The lowest BCUT2D eigenvalue weighted by molar-refractivity contribution is 0.143. The number of halogens is 2. The minimum atomic E-state index is -2.65. The van der Waals surface area contributed by atoms with Gasteiger partial charge in [-0.15, -0.1) is 0 Å². The standard InChI is InChI=1S/C15H13F2N3O2/c1-21-12-4-3-9(7-13(12)22-2)10-8-11(15(16)17)20-14(19-10)5-6-18-20/h3-8,15H,1-2H3. The van der Waals surface area contributed by atoms with Crippen molar-refractivity contribution < 1.29 is 18.3 Å². The predicted molar refractivity (Wildman–Crippen MR) is 76.5 cm³/mol. The minimum absolute atomic E-state index is 0.209. The van der Waals surface area contributed by atoms with Gasteiger partial charge in [-0.05, 0) is 24.3 Å². The smallest absolute Gasteiger partial charge is 0.280 e. The molecule has 0 aliphatic rings. The summed E-state index contributed by atoms with van der Waals surface area (Å²) >= 11 is 0. The van der Waals surface area contributed by atoms with Crippen molar-refractivity contribution in [1.82, 2.24) is 14.6 Å². The number of fused-ring (bicyclic) bond motifs is 1. The van der Waals surface area contributed by atoms with Crippen molar-refractivity contribution in [3.05, 3.63) is 42.2 Å². The van der Waals surface area contributed by atoms with Crippen LogP contribution in [0.15, 0.2) is 36.5 Å². The zero-order valence-corrected chi connectivity index (χ0v) is 12.0. The van der Waals surface area contributed by atoms with E-state index in [9.17, 15) is 8.78 Å². The first kappa shape index (κ1) is 14.2. The third-order valence-corrected chi connectivity index (χ3v) is 3.29. The maximum atomic E-state index is 13.2. The molecule has 0 bridgehead atoms. The third kappa shape index (κ3) is 2.34. The van der Waals surface area contributed by atoms with Crippen molar-refractivity contribution in [3.63, 3.8) is 0 Å². The fourth-order valence-electron chi connectivity index (χ4n) is 2.24. The van der Waals surface area contributed by atoms with Crippen LogP contribution in [0.5, 0.6) is 11.5 Å². The van der Waals surface area contributed by atoms with Crippen LogP contribution < -0.4 is 9.47 Å². The fourth-order valence-corrected chi connectivity index (χ4v) is 2.24. The van der Waals surface area contributed by atoms with Crippen LogP contribution in [0.3, 0.4) is 0 Å². The molecule has 2 heterocycles. The first-order valence-electron chi connectivity index (χ1n) is 6.49. The maximum Gasteiger partial charge on any atom is 0.280 e. The number of hydrogen-bond acceptors (Lipinski definition) is 4. The van der Waals surface area contributed by atoms with Crippen molar-refractivity contribution in [2.45, 2.75) is 6.43 Å². The molecule has 0 saturated heterocycles. The Labute approximate surface area is 125 Å². The molecule has 3 aromatic rings. The Hall–Kier alpha value is -2.70. The average molecular weight is 305 g/mol. The van der Waals surface area contributed by atoms with Gasteiger partial charge >= 0.3 is 0 Å². The summed E-state index contributed by atoms with van der Waals surface area (Å²) in [6, 6.07) is 8.05.